The van der Waals surface area contributed by atoms with Gasteiger partial charge in [0.1, 0.15) is 0 Å². The van der Waals surface area contributed by atoms with Gasteiger partial charge in [-0.25, -0.2) is 4.98 Å². The van der Waals surface area contributed by atoms with Crippen LogP contribution in [-0.4, -0.2) is 21.4 Å². The van der Waals surface area contributed by atoms with Crippen molar-refractivity contribution < 1.29 is 5.11 Å². The number of anilines is 4. The van der Waals surface area contributed by atoms with E-state index in [4.69, 9.17) is 4.98 Å². The molecule has 8 aromatic carbocycles. The van der Waals surface area contributed by atoms with E-state index < -0.39 is 6.35 Å². The summed E-state index contributed by atoms with van der Waals surface area (Å²) in [6.07, 6.45) is 0.945. The Kier molecular flexibility index (Phi) is 7.40. The van der Waals surface area contributed by atoms with E-state index in [1.165, 1.54) is 32.7 Å². The minimum Gasteiger partial charge on any atom is -0.356 e. The van der Waals surface area contributed by atoms with Crippen LogP contribution in [0.25, 0.3) is 76.9 Å². The molecule has 1 unspecified atom stereocenters. The van der Waals surface area contributed by atoms with Crippen molar-refractivity contribution in [1.29, 1.82) is 0 Å². The molecule has 3 heterocycles. The fourth-order valence-electron chi connectivity index (χ4n) is 8.60. The molecule has 0 saturated carbocycles. The topological polar surface area (TPSA) is 52.5 Å². The number of pyridine rings is 2. The van der Waals surface area contributed by atoms with E-state index in [9.17, 15) is 5.11 Å². The number of aliphatic hydroxyl groups excluding tert-OH is 1. The molecular formula is C51H34N4O. The Morgan fingerprint density at radius 3 is 1.45 bits per heavy atom. The Morgan fingerprint density at radius 2 is 0.857 bits per heavy atom. The maximum atomic E-state index is 11.8. The SMILES string of the molecule is OC1N(c2ccccc2)c2ccccc2N1c1ccc(-c2c3ccccc3c(-c3ccc(-c4ccc5ccc6cccnc6c5n4)cc3)c3ccccc23)cc1. The van der Waals surface area contributed by atoms with E-state index in [-0.39, 0.29) is 0 Å². The van der Waals surface area contributed by atoms with Gasteiger partial charge in [0, 0.05) is 33.9 Å². The Morgan fingerprint density at radius 1 is 0.393 bits per heavy atom. The number of fused-ring (bicyclic) bond motifs is 6. The third-order valence-electron chi connectivity index (χ3n) is 11.2. The zero-order valence-corrected chi connectivity index (χ0v) is 30.3. The molecule has 0 fully saturated rings. The summed E-state index contributed by atoms with van der Waals surface area (Å²) in [5.41, 5.74) is 12.3. The molecule has 10 aromatic rings. The molecule has 264 valence electrons. The van der Waals surface area contributed by atoms with Crippen molar-refractivity contribution in [2.45, 2.75) is 6.35 Å². The van der Waals surface area contributed by atoms with Crippen LogP contribution in [0.15, 0.2) is 194 Å². The van der Waals surface area contributed by atoms with Crippen LogP contribution in [0.5, 0.6) is 0 Å². The first-order valence-electron chi connectivity index (χ1n) is 18.9. The second kappa shape index (κ2) is 12.9. The van der Waals surface area contributed by atoms with Gasteiger partial charge in [-0.05, 0) is 92.3 Å². The molecule has 0 saturated heterocycles. The van der Waals surface area contributed by atoms with E-state index in [2.05, 4.69) is 145 Å². The van der Waals surface area contributed by atoms with Crippen LogP contribution in [0.1, 0.15) is 0 Å². The zero-order chi connectivity index (χ0) is 37.2. The van der Waals surface area contributed by atoms with Crippen molar-refractivity contribution in [1.82, 2.24) is 9.97 Å². The molecule has 0 radical (unpaired) electrons. The number of aromatic nitrogens is 2. The largest absolute Gasteiger partial charge is 0.356 e. The Bertz CT molecular complexity index is 3050. The van der Waals surface area contributed by atoms with Crippen molar-refractivity contribution >= 4 is 66.1 Å². The molecule has 56 heavy (non-hydrogen) atoms. The number of rotatable bonds is 5. The van der Waals surface area contributed by atoms with Crippen molar-refractivity contribution in [2.75, 3.05) is 9.80 Å². The quantitative estimate of drug-likeness (QED) is 0.142. The fraction of sp³-hybridized carbons (Fsp3) is 0.0196. The summed E-state index contributed by atoms with van der Waals surface area (Å²) in [7, 11) is 0. The van der Waals surface area contributed by atoms with E-state index in [0.29, 0.717) is 0 Å². The van der Waals surface area contributed by atoms with E-state index in [0.717, 1.165) is 66.9 Å². The standard InChI is InChI=1S/C51H34N4O/c56-51-54(38-12-2-1-3-13-38)45-18-8-9-19-46(45)55(51)39-29-26-35(27-30-39)48-42-16-6-4-14-40(42)47(41-15-5-7-17-43(41)48)34-22-20-33(21-23-34)44-31-28-37-25-24-36-11-10-32-52-49(36)50(37)53-44/h1-32,51,56H. The Labute approximate surface area is 324 Å². The van der Waals surface area contributed by atoms with Gasteiger partial charge in [-0.15, -0.1) is 0 Å². The van der Waals surface area contributed by atoms with Crippen LogP contribution in [0.3, 0.4) is 0 Å². The molecule has 5 heteroatoms. The molecule has 5 nitrogen and oxygen atoms in total. The molecule has 0 spiro atoms. The monoisotopic (exact) mass is 718 g/mol. The highest BCUT2D eigenvalue weighted by Crippen LogP contribution is 2.48. The maximum absolute atomic E-state index is 11.8. The minimum absolute atomic E-state index is 0.887. The van der Waals surface area contributed by atoms with Crippen LogP contribution in [0, 0.1) is 0 Å². The highest BCUT2D eigenvalue weighted by Gasteiger charge is 2.36. The first-order valence-corrected chi connectivity index (χ1v) is 18.9. The summed E-state index contributed by atoms with van der Waals surface area (Å²) >= 11 is 0. The minimum atomic E-state index is -0.887. The third kappa shape index (κ3) is 5.06. The Balaban J connectivity index is 0.994. The summed E-state index contributed by atoms with van der Waals surface area (Å²) in [6.45, 7) is 0. The number of para-hydroxylation sites is 3. The van der Waals surface area contributed by atoms with Gasteiger partial charge >= 0.3 is 0 Å². The van der Waals surface area contributed by atoms with Gasteiger partial charge in [0.2, 0.25) is 6.35 Å². The summed E-state index contributed by atoms with van der Waals surface area (Å²) in [5, 5.41) is 18.7. The molecule has 2 aromatic heterocycles. The first-order chi connectivity index (χ1) is 27.7. The summed E-state index contributed by atoms with van der Waals surface area (Å²) < 4.78 is 0. The molecule has 0 amide bonds. The molecule has 0 aliphatic carbocycles. The lowest BCUT2D eigenvalue weighted by molar-refractivity contribution is 0.195. The number of hydrogen-bond acceptors (Lipinski definition) is 5. The summed E-state index contributed by atoms with van der Waals surface area (Å²) in [4.78, 5) is 13.7. The van der Waals surface area contributed by atoms with Crippen LogP contribution in [0.2, 0.25) is 0 Å². The molecule has 1 aliphatic heterocycles. The second-order valence-electron chi connectivity index (χ2n) is 14.3. The normalized spacial score (nSPS) is 13.9. The van der Waals surface area contributed by atoms with Crippen molar-refractivity contribution in [3.05, 3.63) is 194 Å². The van der Waals surface area contributed by atoms with Gasteiger partial charge in [-0.2, -0.15) is 0 Å². The lowest BCUT2D eigenvalue weighted by atomic mass is 9.86. The third-order valence-corrected chi connectivity index (χ3v) is 11.2. The predicted molar refractivity (Wildman–Crippen MR) is 232 cm³/mol. The lowest BCUT2D eigenvalue weighted by Gasteiger charge is -2.28. The van der Waals surface area contributed by atoms with Gasteiger partial charge in [0.15, 0.2) is 0 Å². The van der Waals surface area contributed by atoms with Crippen LogP contribution in [-0.2, 0) is 0 Å². The van der Waals surface area contributed by atoms with Gasteiger partial charge in [-0.1, -0.05) is 140 Å². The number of nitrogens with zero attached hydrogens (tertiary/aromatic N) is 4. The smallest absolute Gasteiger partial charge is 0.216 e. The van der Waals surface area contributed by atoms with Crippen LogP contribution in [0.4, 0.5) is 22.7 Å². The molecular weight excluding hydrogens is 685 g/mol. The van der Waals surface area contributed by atoms with Crippen molar-refractivity contribution in [3.63, 3.8) is 0 Å². The highest BCUT2D eigenvalue weighted by atomic mass is 16.3. The van der Waals surface area contributed by atoms with Crippen molar-refractivity contribution in [2.24, 2.45) is 0 Å². The van der Waals surface area contributed by atoms with E-state index in [1.807, 2.05) is 64.5 Å². The molecule has 1 aliphatic rings. The van der Waals surface area contributed by atoms with Gasteiger partial charge in [0.05, 0.1) is 28.1 Å². The number of aliphatic hydroxyl groups is 1. The van der Waals surface area contributed by atoms with Gasteiger partial charge in [0.25, 0.3) is 0 Å². The number of benzene rings is 8. The van der Waals surface area contributed by atoms with Gasteiger partial charge < -0.3 is 5.11 Å². The predicted octanol–water partition coefficient (Wildman–Crippen LogP) is 12.7. The number of hydrogen-bond donors (Lipinski definition) is 1. The van der Waals surface area contributed by atoms with E-state index in [1.54, 1.807) is 0 Å². The molecule has 1 atom stereocenters. The first kappa shape index (κ1) is 32.1. The molecule has 0 bridgehead atoms. The maximum Gasteiger partial charge on any atom is 0.216 e. The summed E-state index contributed by atoms with van der Waals surface area (Å²) in [6, 6.07) is 65.6. The van der Waals surface area contributed by atoms with Gasteiger partial charge in [-0.3, -0.25) is 14.8 Å². The van der Waals surface area contributed by atoms with Crippen molar-refractivity contribution in [3.8, 4) is 33.5 Å². The van der Waals surface area contributed by atoms with E-state index >= 15 is 0 Å². The molecule has 1 N–H and O–H groups in total. The zero-order valence-electron chi connectivity index (χ0n) is 30.3. The summed E-state index contributed by atoms with van der Waals surface area (Å²) in [5.74, 6) is 0. The lowest BCUT2D eigenvalue weighted by Crippen LogP contribution is -2.37. The van der Waals surface area contributed by atoms with Crippen LogP contribution < -0.4 is 9.80 Å². The molecule has 11 rings (SSSR count). The Hall–Kier alpha value is -7.34. The average Bonchev–Trinajstić information content (AvgIpc) is 3.57. The second-order valence-corrected chi connectivity index (χ2v) is 14.3. The fourth-order valence-corrected chi connectivity index (χ4v) is 8.60. The van der Waals surface area contributed by atoms with Crippen LogP contribution >= 0.6 is 0 Å². The average molecular weight is 719 g/mol. The highest BCUT2D eigenvalue weighted by molar-refractivity contribution is 6.21.